The first kappa shape index (κ1) is 18.5. The van der Waals surface area contributed by atoms with Crippen LogP contribution in [0.1, 0.15) is 37.3 Å². The zero-order chi connectivity index (χ0) is 18.7. The fraction of sp³-hybridized carbons (Fsp3) is 0.350. The molecule has 6 heteroatoms. The molecule has 0 saturated carbocycles. The van der Waals surface area contributed by atoms with Crippen LogP contribution in [0.15, 0.2) is 47.4 Å². The van der Waals surface area contributed by atoms with Gasteiger partial charge in [0.2, 0.25) is 5.91 Å². The monoisotopic (exact) mass is 372 g/mol. The number of carbonyl (C=O) groups is 1. The highest BCUT2D eigenvalue weighted by molar-refractivity contribution is 7.92. The summed E-state index contributed by atoms with van der Waals surface area (Å²) in [6.07, 6.45) is 4.77. The van der Waals surface area contributed by atoms with Crippen molar-refractivity contribution in [3.63, 3.8) is 0 Å². The maximum absolute atomic E-state index is 12.7. The van der Waals surface area contributed by atoms with E-state index in [0.717, 1.165) is 24.1 Å². The van der Waals surface area contributed by atoms with E-state index in [1.54, 1.807) is 36.2 Å². The standard InChI is InChI=1S/C20H24N2O3S/c1-3-4-5-6-15-7-9-17(10-8-15)21-26(24,25)18-11-12-19-16(13-18)14-20(23)22(19)2/h7-13,21H,3-6,14H2,1-2H3. The lowest BCUT2D eigenvalue weighted by molar-refractivity contribution is -0.117. The van der Waals surface area contributed by atoms with Crippen LogP contribution in [0.2, 0.25) is 0 Å². The normalized spacial score (nSPS) is 13.8. The Hall–Kier alpha value is -2.34. The topological polar surface area (TPSA) is 66.5 Å². The van der Waals surface area contributed by atoms with Gasteiger partial charge < -0.3 is 4.90 Å². The smallest absolute Gasteiger partial charge is 0.261 e. The van der Waals surface area contributed by atoms with Crippen molar-refractivity contribution in [2.24, 2.45) is 0 Å². The van der Waals surface area contributed by atoms with E-state index in [2.05, 4.69) is 11.6 Å². The molecule has 1 aliphatic rings. The highest BCUT2D eigenvalue weighted by atomic mass is 32.2. The molecule has 0 spiro atoms. The first-order chi connectivity index (χ1) is 12.4. The minimum absolute atomic E-state index is 0.0267. The second-order valence-corrected chi connectivity index (χ2v) is 8.36. The van der Waals surface area contributed by atoms with Crippen LogP contribution in [-0.2, 0) is 27.7 Å². The van der Waals surface area contributed by atoms with Gasteiger partial charge in [-0.1, -0.05) is 31.9 Å². The van der Waals surface area contributed by atoms with Crippen molar-refractivity contribution >= 4 is 27.3 Å². The average molecular weight is 372 g/mol. The van der Waals surface area contributed by atoms with E-state index >= 15 is 0 Å². The minimum atomic E-state index is -3.68. The van der Waals surface area contributed by atoms with E-state index < -0.39 is 10.0 Å². The largest absolute Gasteiger partial charge is 0.315 e. The molecular formula is C20H24N2O3S. The molecule has 138 valence electrons. The van der Waals surface area contributed by atoms with Gasteiger partial charge in [-0.05, 0) is 54.3 Å². The van der Waals surface area contributed by atoms with Crippen molar-refractivity contribution in [3.05, 3.63) is 53.6 Å². The van der Waals surface area contributed by atoms with Crippen molar-refractivity contribution in [3.8, 4) is 0 Å². The average Bonchev–Trinajstić information content (AvgIpc) is 2.90. The van der Waals surface area contributed by atoms with Crippen molar-refractivity contribution in [1.82, 2.24) is 0 Å². The second kappa shape index (κ2) is 7.50. The summed E-state index contributed by atoms with van der Waals surface area (Å²) in [5.41, 5.74) is 3.26. The van der Waals surface area contributed by atoms with Gasteiger partial charge in [0.15, 0.2) is 0 Å². The zero-order valence-corrected chi connectivity index (χ0v) is 16.0. The second-order valence-electron chi connectivity index (χ2n) is 6.68. The predicted molar refractivity (Wildman–Crippen MR) is 104 cm³/mol. The molecule has 0 saturated heterocycles. The summed E-state index contributed by atoms with van der Waals surface area (Å²) in [4.78, 5) is 13.5. The van der Waals surface area contributed by atoms with Gasteiger partial charge in [0.05, 0.1) is 11.3 Å². The molecule has 0 fully saturated rings. The molecule has 26 heavy (non-hydrogen) atoms. The number of amides is 1. The Kier molecular flexibility index (Phi) is 5.32. The number of nitrogens with one attached hydrogen (secondary N) is 1. The van der Waals surface area contributed by atoms with E-state index in [4.69, 9.17) is 0 Å². The summed E-state index contributed by atoms with van der Waals surface area (Å²) in [7, 11) is -1.99. The van der Waals surface area contributed by atoms with Crippen molar-refractivity contribution in [2.45, 2.75) is 43.9 Å². The predicted octanol–water partition coefficient (Wildman–Crippen LogP) is 3.74. The molecule has 0 aromatic heterocycles. The first-order valence-electron chi connectivity index (χ1n) is 8.92. The number of nitrogens with zero attached hydrogens (tertiary/aromatic N) is 1. The Morgan fingerprint density at radius 2 is 1.81 bits per heavy atom. The van der Waals surface area contributed by atoms with E-state index in [1.807, 2.05) is 12.1 Å². The number of hydrogen-bond acceptors (Lipinski definition) is 3. The number of hydrogen-bond donors (Lipinski definition) is 1. The molecule has 0 unspecified atom stereocenters. The molecule has 5 nitrogen and oxygen atoms in total. The molecule has 0 radical (unpaired) electrons. The molecule has 2 aromatic rings. The number of fused-ring (bicyclic) bond motifs is 1. The fourth-order valence-electron chi connectivity index (χ4n) is 3.15. The third kappa shape index (κ3) is 3.90. The number of benzene rings is 2. The molecule has 2 aromatic carbocycles. The number of sulfonamides is 1. The van der Waals surface area contributed by atoms with Crippen LogP contribution in [0.3, 0.4) is 0 Å². The summed E-state index contributed by atoms with van der Waals surface area (Å²) in [5, 5.41) is 0. The molecule has 3 rings (SSSR count). The first-order valence-corrected chi connectivity index (χ1v) is 10.4. The van der Waals surface area contributed by atoms with Crippen LogP contribution in [0.4, 0.5) is 11.4 Å². The molecule has 1 amide bonds. The molecule has 0 atom stereocenters. The highest BCUT2D eigenvalue weighted by Gasteiger charge is 2.26. The van der Waals surface area contributed by atoms with E-state index in [-0.39, 0.29) is 17.2 Å². The van der Waals surface area contributed by atoms with Gasteiger partial charge in [-0.2, -0.15) is 0 Å². The van der Waals surface area contributed by atoms with Gasteiger partial charge in [-0.15, -0.1) is 0 Å². The van der Waals surface area contributed by atoms with E-state index in [9.17, 15) is 13.2 Å². The summed E-state index contributed by atoms with van der Waals surface area (Å²) in [6.45, 7) is 2.17. The number of aryl methyl sites for hydroxylation is 1. The molecular weight excluding hydrogens is 348 g/mol. The third-order valence-corrected chi connectivity index (χ3v) is 6.09. The highest BCUT2D eigenvalue weighted by Crippen LogP contribution is 2.30. The van der Waals surface area contributed by atoms with Crippen LogP contribution in [-0.4, -0.2) is 21.4 Å². The van der Waals surface area contributed by atoms with Crippen LogP contribution >= 0.6 is 0 Å². The van der Waals surface area contributed by atoms with Gasteiger partial charge in [-0.3, -0.25) is 9.52 Å². The fourth-order valence-corrected chi connectivity index (χ4v) is 4.26. The Balaban J connectivity index is 1.73. The number of likely N-dealkylation sites (N-methyl/N-ethyl adjacent to an activating group) is 1. The lowest BCUT2D eigenvalue weighted by Gasteiger charge is -2.12. The van der Waals surface area contributed by atoms with Gasteiger partial charge in [0.25, 0.3) is 10.0 Å². The summed E-state index contributed by atoms with van der Waals surface area (Å²) in [6, 6.07) is 12.3. The third-order valence-electron chi connectivity index (χ3n) is 4.71. The van der Waals surface area contributed by atoms with E-state index in [1.165, 1.54) is 24.5 Å². The lowest BCUT2D eigenvalue weighted by Crippen LogP contribution is -2.20. The van der Waals surface area contributed by atoms with Crippen LogP contribution in [0.5, 0.6) is 0 Å². The molecule has 1 heterocycles. The lowest BCUT2D eigenvalue weighted by atomic mass is 10.1. The quantitative estimate of drug-likeness (QED) is 0.753. The molecule has 0 aliphatic carbocycles. The van der Waals surface area contributed by atoms with Crippen LogP contribution in [0.25, 0.3) is 0 Å². The molecule has 1 aliphatic heterocycles. The minimum Gasteiger partial charge on any atom is -0.315 e. The van der Waals surface area contributed by atoms with Crippen molar-refractivity contribution in [2.75, 3.05) is 16.7 Å². The van der Waals surface area contributed by atoms with Gasteiger partial charge >= 0.3 is 0 Å². The van der Waals surface area contributed by atoms with Gasteiger partial charge in [0, 0.05) is 18.4 Å². The Morgan fingerprint density at radius 1 is 1.08 bits per heavy atom. The SMILES string of the molecule is CCCCCc1ccc(NS(=O)(=O)c2ccc3c(c2)CC(=O)N3C)cc1. The van der Waals surface area contributed by atoms with Crippen LogP contribution < -0.4 is 9.62 Å². The number of rotatable bonds is 7. The van der Waals surface area contributed by atoms with E-state index in [0.29, 0.717) is 5.69 Å². The van der Waals surface area contributed by atoms with Gasteiger partial charge in [0.1, 0.15) is 0 Å². The summed E-state index contributed by atoms with van der Waals surface area (Å²) >= 11 is 0. The Bertz CT molecular complexity index is 905. The maximum atomic E-state index is 12.7. The number of anilines is 2. The summed E-state index contributed by atoms with van der Waals surface area (Å²) < 4.78 is 27.9. The Morgan fingerprint density at radius 3 is 2.50 bits per heavy atom. The summed E-state index contributed by atoms with van der Waals surface area (Å²) in [5.74, 6) is -0.0267. The number of carbonyl (C=O) groups excluding carboxylic acids is 1. The van der Waals surface area contributed by atoms with Crippen LogP contribution in [0, 0.1) is 0 Å². The molecule has 0 bridgehead atoms. The maximum Gasteiger partial charge on any atom is 0.261 e. The van der Waals surface area contributed by atoms with Gasteiger partial charge in [-0.25, -0.2) is 8.42 Å². The molecule has 1 N–H and O–H groups in total. The van der Waals surface area contributed by atoms with Crippen molar-refractivity contribution < 1.29 is 13.2 Å². The Labute approximate surface area is 155 Å². The number of unbranched alkanes of at least 4 members (excludes halogenated alkanes) is 2. The van der Waals surface area contributed by atoms with Crippen molar-refractivity contribution in [1.29, 1.82) is 0 Å². The zero-order valence-electron chi connectivity index (χ0n) is 15.2.